The number of hydrogen-bond acceptors (Lipinski definition) is 7. The van der Waals surface area contributed by atoms with E-state index in [-0.39, 0.29) is 42.4 Å². The van der Waals surface area contributed by atoms with Gasteiger partial charge in [-0.25, -0.2) is 9.78 Å². The molecule has 1 aliphatic heterocycles. The molecular weight excluding hydrogens is 412 g/mol. The van der Waals surface area contributed by atoms with Gasteiger partial charge in [-0.3, -0.25) is 9.89 Å². The van der Waals surface area contributed by atoms with Crippen molar-refractivity contribution >= 4 is 17.8 Å². The Bertz CT molecular complexity index is 1030. The normalized spacial score (nSPS) is 24.3. The minimum atomic E-state index is -0.347. The predicted molar refractivity (Wildman–Crippen MR) is 114 cm³/mol. The number of carbonyl (C=O) groups is 2. The zero-order valence-corrected chi connectivity index (χ0v) is 18.1. The number of ether oxygens (including phenoxy) is 2. The molecule has 0 aromatic carbocycles. The molecule has 1 aliphatic carbocycles. The van der Waals surface area contributed by atoms with Crippen LogP contribution in [0, 0.1) is 17.2 Å². The Labute approximate surface area is 185 Å². The quantitative estimate of drug-likeness (QED) is 0.708. The van der Waals surface area contributed by atoms with Gasteiger partial charge in [0.2, 0.25) is 11.8 Å². The summed E-state index contributed by atoms with van der Waals surface area (Å²) < 4.78 is 10.7. The number of nitrogens with one attached hydrogen (secondary N) is 2. The highest BCUT2D eigenvalue weighted by Gasteiger charge is 2.41. The molecule has 10 nitrogen and oxygen atoms in total. The first-order valence-electron chi connectivity index (χ1n) is 10.7. The van der Waals surface area contributed by atoms with Gasteiger partial charge in [0.1, 0.15) is 6.10 Å². The van der Waals surface area contributed by atoms with Gasteiger partial charge in [-0.1, -0.05) is 0 Å². The molecule has 1 saturated heterocycles. The van der Waals surface area contributed by atoms with Gasteiger partial charge in [-0.15, -0.1) is 0 Å². The van der Waals surface area contributed by atoms with Crippen molar-refractivity contribution < 1.29 is 19.1 Å². The van der Waals surface area contributed by atoms with Crippen molar-refractivity contribution in [2.45, 2.75) is 50.7 Å². The molecule has 2 fully saturated rings. The van der Waals surface area contributed by atoms with E-state index in [2.05, 4.69) is 26.6 Å². The maximum Gasteiger partial charge on any atom is 0.410 e. The zero-order chi connectivity index (χ0) is 22.7. The van der Waals surface area contributed by atoms with E-state index in [0.29, 0.717) is 24.7 Å². The Morgan fingerprint density at radius 1 is 1.38 bits per heavy atom. The highest BCUT2D eigenvalue weighted by atomic mass is 16.6. The zero-order valence-electron chi connectivity index (χ0n) is 18.1. The Hall–Kier alpha value is -3.61. The number of H-pyrrole nitrogens is 1. The highest BCUT2D eigenvalue weighted by Crippen LogP contribution is 2.36. The molecule has 4 rings (SSSR count). The number of rotatable bonds is 6. The first-order valence-corrected chi connectivity index (χ1v) is 10.7. The van der Waals surface area contributed by atoms with Gasteiger partial charge in [0, 0.05) is 42.5 Å². The lowest BCUT2D eigenvalue weighted by Crippen LogP contribution is -2.57. The average Bonchev–Trinajstić information content (AvgIpc) is 3.42. The molecule has 32 heavy (non-hydrogen) atoms. The number of hydrogen-bond donors (Lipinski definition) is 2. The fourth-order valence-electron chi connectivity index (χ4n) is 4.19. The standard InChI is InChI=1S/C22H26N6O4/c1-13-16(11-23)12-28(13)22(30)32-17-4-3-15(9-17)18-10-19(27-26-18)25-20(29)7-14-5-6-24-21(8-14)31-2/h5-6,8,10,13,15-17H,3-4,7,9,12H2,1-2H3,(H2,25,26,27,29)/t13-,15-,16+,17+/m0/s1. The molecule has 0 spiro atoms. The molecule has 168 valence electrons. The fraction of sp³-hybridized carbons (Fsp3) is 0.500. The minimum absolute atomic E-state index is 0.100. The summed E-state index contributed by atoms with van der Waals surface area (Å²) in [5.41, 5.74) is 1.70. The van der Waals surface area contributed by atoms with E-state index in [9.17, 15) is 9.59 Å². The Morgan fingerprint density at radius 2 is 2.22 bits per heavy atom. The number of methoxy groups -OCH3 is 1. The van der Waals surface area contributed by atoms with Gasteiger partial charge >= 0.3 is 6.09 Å². The second-order valence-corrected chi connectivity index (χ2v) is 8.28. The molecule has 3 heterocycles. The van der Waals surface area contributed by atoms with Gasteiger partial charge in [-0.2, -0.15) is 10.4 Å². The van der Waals surface area contributed by atoms with Crippen molar-refractivity contribution in [2.75, 3.05) is 19.0 Å². The number of carbonyl (C=O) groups excluding carboxylic acids is 2. The van der Waals surface area contributed by atoms with Gasteiger partial charge in [0.15, 0.2) is 5.82 Å². The second-order valence-electron chi connectivity index (χ2n) is 8.28. The van der Waals surface area contributed by atoms with Crippen LogP contribution >= 0.6 is 0 Å². The molecule has 4 atom stereocenters. The third-order valence-corrected chi connectivity index (χ3v) is 6.20. The molecule has 10 heteroatoms. The number of nitrogens with zero attached hydrogens (tertiary/aromatic N) is 4. The Balaban J connectivity index is 1.26. The predicted octanol–water partition coefficient (Wildman–Crippen LogP) is 2.61. The molecule has 2 aromatic rings. The van der Waals surface area contributed by atoms with E-state index in [1.807, 2.05) is 13.0 Å². The maximum atomic E-state index is 12.3. The van der Waals surface area contributed by atoms with Crippen molar-refractivity contribution in [1.29, 1.82) is 5.26 Å². The van der Waals surface area contributed by atoms with Crippen LogP contribution in [0.15, 0.2) is 24.4 Å². The van der Waals surface area contributed by atoms with Crippen LogP contribution in [-0.2, 0) is 16.0 Å². The largest absolute Gasteiger partial charge is 0.481 e. The minimum Gasteiger partial charge on any atom is -0.481 e. The van der Waals surface area contributed by atoms with Crippen molar-refractivity contribution in [3.8, 4) is 11.9 Å². The molecule has 2 N–H and O–H groups in total. The van der Waals surface area contributed by atoms with E-state index < -0.39 is 0 Å². The molecule has 2 amide bonds. The number of nitriles is 1. The molecule has 2 aliphatic rings. The fourth-order valence-corrected chi connectivity index (χ4v) is 4.19. The van der Waals surface area contributed by atoms with Crippen LogP contribution in [0.2, 0.25) is 0 Å². The van der Waals surface area contributed by atoms with Crippen LogP contribution in [0.5, 0.6) is 5.88 Å². The number of pyridine rings is 1. The average molecular weight is 438 g/mol. The van der Waals surface area contributed by atoms with E-state index in [0.717, 1.165) is 24.1 Å². The molecule has 0 radical (unpaired) electrons. The van der Waals surface area contributed by atoms with E-state index in [1.54, 1.807) is 23.2 Å². The summed E-state index contributed by atoms with van der Waals surface area (Å²) in [6.07, 6.45) is 3.60. The number of amides is 2. The Kier molecular flexibility index (Phi) is 6.25. The monoisotopic (exact) mass is 438 g/mol. The summed E-state index contributed by atoms with van der Waals surface area (Å²) >= 11 is 0. The van der Waals surface area contributed by atoms with Crippen molar-refractivity contribution in [3.05, 3.63) is 35.7 Å². The molecule has 1 saturated carbocycles. The molecular formula is C22H26N6O4. The van der Waals surface area contributed by atoms with Crippen LogP contribution in [0.4, 0.5) is 10.6 Å². The molecule has 2 aromatic heterocycles. The lowest BCUT2D eigenvalue weighted by atomic mass is 9.92. The lowest BCUT2D eigenvalue weighted by Gasteiger charge is -2.42. The summed E-state index contributed by atoms with van der Waals surface area (Å²) in [6.45, 7) is 2.30. The van der Waals surface area contributed by atoms with Crippen LogP contribution in [0.1, 0.15) is 43.4 Å². The number of anilines is 1. The summed E-state index contributed by atoms with van der Waals surface area (Å²) in [5.74, 6) is 0.800. The van der Waals surface area contributed by atoms with Crippen molar-refractivity contribution in [2.24, 2.45) is 5.92 Å². The topological polar surface area (TPSA) is 133 Å². The van der Waals surface area contributed by atoms with Gasteiger partial charge in [0.25, 0.3) is 0 Å². The van der Waals surface area contributed by atoms with Gasteiger partial charge in [0.05, 0.1) is 25.5 Å². The summed E-state index contributed by atoms with van der Waals surface area (Å²) in [5, 5.41) is 19.0. The van der Waals surface area contributed by atoms with Crippen molar-refractivity contribution in [3.63, 3.8) is 0 Å². The third-order valence-electron chi connectivity index (χ3n) is 6.20. The molecule has 0 unspecified atom stereocenters. The third kappa shape index (κ3) is 4.66. The van der Waals surface area contributed by atoms with Gasteiger partial charge < -0.3 is 19.7 Å². The highest BCUT2D eigenvalue weighted by molar-refractivity contribution is 5.91. The van der Waals surface area contributed by atoms with Crippen LogP contribution in [0.3, 0.4) is 0 Å². The summed E-state index contributed by atoms with van der Waals surface area (Å²) in [7, 11) is 1.53. The van der Waals surface area contributed by atoms with Gasteiger partial charge in [-0.05, 0) is 37.8 Å². The first kappa shape index (κ1) is 21.6. The summed E-state index contributed by atoms with van der Waals surface area (Å²) in [4.78, 5) is 30.3. The van der Waals surface area contributed by atoms with Crippen LogP contribution in [0.25, 0.3) is 0 Å². The second kappa shape index (κ2) is 9.26. The smallest absolute Gasteiger partial charge is 0.410 e. The SMILES string of the molecule is COc1cc(CC(=O)Nc2cc([C@H]3CC[C@@H](OC(=O)N4C[C@@H](C#N)[C@@H]4C)C3)[nH]n2)ccn1. The van der Waals surface area contributed by atoms with Crippen LogP contribution < -0.4 is 10.1 Å². The molecule has 0 bridgehead atoms. The van der Waals surface area contributed by atoms with E-state index in [1.165, 1.54) is 7.11 Å². The van der Waals surface area contributed by atoms with Crippen molar-refractivity contribution in [1.82, 2.24) is 20.1 Å². The van der Waals surface area contributed by atoms with E-state index >= 15 is 0 Å². The number of aromatic nitrogens is 3. The first-order chi connectivity index (χ1) is 15.5. The Morgan fingerprint density at radius 3 is 2.97 bits per heavy atom. The summed E-state index contributed by atoms with van der Waals surface area (Å²) in [6, 6.07) is 7.40. The number of likely N-dealkylation sites (tertiary alicyclic amines) is 1. The van der Waals surface area contributed by atoms with Crippen LogP contribution in [-0.4, -0.2) is 57.9 Å². The van der Waals surface area contributed by atoms with E-state index in [4.69, 9.17) is 14.7 Å². The maximum absolute atomic E-state index is 12.3. The lowest BCUT2D eigenvalue weighted by molar-refractivity contribution is -0.115. The number of aromatic amines is 1.